The van der Waals surface area contributed by atoms with Crippen LogP contribution >= 0.6 is 0 Å². The lowest BCUT2D eigenvalue weighted by atomic mass is 10.2. The molecule has 1 aliphatic heterocycles. The van der Waals surface area contributed by atoms with Crippen LogP contribution in [0.3, 0.4) is 0 Å². The molecule has 2 aliphatic rings. The number of H-pyrrole nitrogens is 1. The Morgan fingerprint density at radius 1 is 1.38 bits per heavy atom. The van der Waals surface area contributed by atoms with Gasteiger partial charge in [0.15, 0.2) is 6.10 Å². The highest BCUT2D eigenvalue weighted by atomic mass is 16.5. The van der Waals surface area contributed by atoms with Gasteiger partial charge in [-0.25, -0.2) is 4.98 Å². The van der Waals surface area contributed by atoms with Crippen LogP contribution in [0.5, 0.6) is 0 Å². The van der Waals surface area contributed by atoms with Crippen LogP contribution in [0.1, 0.15) is 12.8 Å². The van der Waals surface area contributed by atoms with Crippen molar-refractivity contribution in [2.24, 2.45) is 0 Å². The largest absolute Gasteiger partial charge is 0.365 e. The molecule has 1 aromatic carbocycles. The van der Waals surface area contributed by atoms with Gasteiger partial charge in [0.2, 0.25) is 5.95 Å². The topological polar surface area (TPSA) is 70.2 Å². The molecule has 1 unspecified atom stereocenters. The maximum absolute atomic E-state index is 12.1. The molecule has 2 N–H and O–H groups in total. The molecule has 1 atom stereocenters. The van der Waals surface area contributed by atoms with E-state index in [4.69, 9.17) is 4.74 Å². The molecule has 0 spiro atoms. The number of aromatic nitrogens is 2. The maximum atomic E-state index is 12.1. The number of hydrogen-bond donors (Lipinski definition) is 2. The molecule has 1 aromatic heterocycles. The van der Waals surface area contributed by atoms with Gasteiger partial charge < -0.3 is 19.9 Å². The molecule has 1 amide bonds. The fourth-order valence-corrected chi connectivity index (χ4v) is 2.61. The minimum atomic E-state index is -0.410. The van der Waals surface area contributed by atoms with Gasteiger partial charge >= 0.3 is 0 Å². The molecule has 6 heteroatoms. The van der Waals surface area contributed by atoms with Crippen LogP contribution in [0.15, 0.2) is 24.3 Å². The van der Waals surface area contributed by atoms with E-state index in [1.807, 2.05) is 24.3 Å². The molecule has 1 saturated carbocycles. The highest BCUT2D eigenvalue weighted by Crippen LogP contribution is 2.21. The van der Waals surface area contributed by atoms with E-state index in [9.17, 15) is 4.79 Å². The summed E-state index contributed by atoms with van der Waals surface area (Å²) in [6.07, 6.45) is 1.77. The predicted molar refractivity (Wildman–Crippen MR) is 79.2 cm³/mol. The molecule has 6 nitrogen and oxygen atoms in total. The number of para-hydroxylation sites is 2. The molecule has 110 valence electrons. The summed E-state index contributed by atoms with van der Waals surface area (Å²) in [6, 6.07) is 8.30. The molecular formula is C15H18N4O2. The van der Waals surface area contributed by atoms with Crippen molar-refractivity contribution >= 4 is 22.9 Å². The average Bonchev–Trinajstić information content (AvgIpc) is 3.22. The summed E-state index contributed by atoms with van der Waals surface area (Å²) in [4.78, 5) is 22.1. The summed E-state index contributed by atoms with van der Waals surface area (Å²) in [6.45, 7) is 1.82. The Labute approximate surface area is 122 Å². The molecule has 2 fully saturated rings. The third-order valence-electron chi connectivity index (χ3n) is 3.96. The average molecular weight is 286 g/mol. The first-order valence-corrected chi connectivity index (χ1v) is 7.41. The monoisotopic (exact) mass is 286 g/mol. The Bertz CT molecular complexity index is 631. The summed E-state index contributed by atoms with van der Waals surface area (Å²) in [5.41, 5.74) is 1.95. The summed E-state index contributed by atoms with van der Waals surface area (Å²) in [5.74, 6) is 0.807. The van der Waals surface area contributed by atoms with Crippen molar-refractivity contribution in [1.82, 2.24) is 15.3 Å². The van der Waals surface area contributed by atoms with Crippen molar-refractivity contribution in [3.63, 3.8) is 0 Å². The highest BCUT2D eigenvalue weighted by molar-refractivity contribution is 5.82. The van der Waals surface area contributed by atoms with Crippen LogP contribution in [0.4, 0.5) is 5.95 Å². The van der Waals surface area contributed by atoms with Crippen LogP contribution in [0.2, 0.25) is 0 Å². The normalized spacial score (nSPS) is 22.5. The second-order valence-corrected chi connectivity index (χ2v) is 5.67. The number of anilines is 1. The fraction of sp³-hybridized carbons (Fsp3) is 0.467. The third kappa shape index (κ3) is 2.58. The number of imidazole rings is 1. The predicted octanol–water partition coefficient (Wildman–Crippen LogP) is 1.05. The molecule has 0 radical (unpaired) electrons. The summed E-state index contributed by atoms with van der Waals surface area (Å²) in [7, 11) is 0. The van der Waals surface area contributed by atoms with Crippen LogP contribution < -0.4 is 10.2 Å². The van der Waals surface area contributed by atoms with Gasteiger partial charge in [-0.1, -0.05) is 12.1 Å². The second kappa shape index (κ2) is 5.04. The third-order valence-corrected chi connectivity index (χ3v) is 3.96. The first-order valence-electron chi connectivity index (χ1n) is 7.41. The first-order chi connectivity index (χ1) is 10.3. The number of carbonyl (C=O) groups excluding carboxylic acids is 1. The lowest BCUT2D eigenvalue weighted by molar-refractivity contribution is -0.133. The molecule has 1 saturated heterocycles. The van der Waals surface area contributed by atoms with Gasteiger partial charge in [-0.15, -0.1) is 0 Å². The summed E-state index contributed by atoms with van der Waals surface area (Å²) in [5, 5.41) is 3.00. The Kier molecular flexibility index (Phi) is 3.03. The number of aromatic amines is 1. The standard InChI is InChI=1S/C15H18N4O2/c20-14(16-10-5-6-10)13-9-19(7-8-21-13)15-17-11-3-1-2-4-12(11)18-15/h1-4,10,13H,5-9H2,(H,16,20)(H,17,18). The van der Waals surface area contributed by atoms with Crippen molar-refractivity contribution in [1.29, 1.82) is 0 Å². The quantitative estimate of drug-likeness (QED) is 0.884. The lowest BCUT2D eigenvalue weighted by Gasteiger charge is -2.31. The van der Waals surface area contributed by atoms with E-state index in [1.165, 1.54) is 0 Å². The fourth-order valence-electron chi connectivity index (χ4n) is 2.61. The Balaban J connectivity index is 1.50. The van der Waals surface area contributed by atoms with E-state index in [-0.39, 0.29) is 5.91 Å². The number of nitrogens with zero attached hydrogens (tertiary/aromatic N) is 2. The van der Waals surface area contributed by atoms with Crippen molar-refractivity contribution in [2.45, 2.75) is 25.0 Å². The summed E-state index contributed by atoms with van der Waals surface area (Å²) >= 11 is 0. The van der Waals surface area contributed by atoms with Gasteiger partial charge in [0.1, 0.15) is 0 Å². The van der Waals surface area contributed by atoms with E-state index in [2.05, 4.69) is 20.2 Å². The van der Waals surface area contributed by atoms with Crippen molar-refractivity contribution in [3.05, 3.63) is 24.3 Å². The zero-order chi connectivity index (χ0) is 14.2. The molecular weight excluding hydrogens is 268 g/mol. The SMILES string of the molecule is O=C(NC1CC1)C1CN(c2nc3ccccc3[nH]2)CCO1. The summed E-state index contributed by atoms with van der Waals surface area (Å²) < 4.78 is 5.60. The van der Waals surface area contributed by atoms with Crippen molar-refractivity contribution in [2.75, 3.05) is 24.6 Å². The Morgan fingerprint density at radius 2 is 2.24 bits per heavy atom. The van der Waals surface area contributed by atoms with E-state index in [0.717, 1.165) is 36.4 Å². The number of hydrogen-bond acceptors (Lipinski definition) is 4. The number of benzene rings is 1. The van der Waals surface area contributed by atoms with E-state index in [1.54, 1.807) is 0 Å². The van der Waals surface area contributed by atoms with Gasteiger partial charge in [-0.05, 0) is 25.0 Å². The minimum Gasteiger partial charge on any atom is -0.365 e. The lowest BCUT2D eigenvalue weighted by Crippen LogP contribution is -2.50. The van der Waals surface area contributed by atoms with E-state index >= 15 is 0 Å². The molecule has 4 rings (SSSR count). The van der Waals surface area contributed by atoms with Gasteiger partial charge in [0.25, 0.3) is 5.91 Å². The van der Waals surface area contributed by atoms with Gasteiger partial charge in [-0.2, -0.15) is 0 Å². The number of carbonyl (C=O) groups is 1. The second-order valence-electron chi connectivity index (χ2n) is 5.67. The number of amides is 1. The highest BCUT2D eigenvalue weighted by Gasteiger charge is 2.32. The number of morpholine rings is 1. The molecule has 2 heterocycles. The van der Waals surface area contributed by atoms with Crippen LogP contribution in [0.25, 0.3) is 11.0 Å². The van der Waals surface area contributed by atoms with Crippen molar-refractivity contribution in [3.8, 4) is 0 Å². The minimum absolute atomic E-state index is 0.00156. The molecule has 2 aromatic rings. The Morgan fingerprint density at radius 3 is 3.05 bits per heavy atom. The van der Waals surface area contributed by atoms with Crippen LogP contribution in [-0.4, -0.2) is 47.7 Å². The Hall–Kier alpha value is -2.08. The van der Waals surface area contributed by atoms with Crippen molar-refractivity contribution < 1.29 is 9.53 Å². The number of ether oxygens (including phenoxy) is 1. The number of nitrogens with one attached hydrogen (secondary N) is 2. The number of fused-ring (bicyclic) bond motifs is 1. The molecule has 1 aliphatic carbocycles. The zero-order valence-electron chi connectivity index (χ0n) is 11.7. The first kappa shape index (κ1) is 12.6. The molecule has 21 heavy (non-hydrogen) atoms. The number of rotatable bonds is 3. The molecule has 0 bridgehead atoms. The van der Waals surface area contributed by atoms with E-state index in [0.29, 0.717) is 19.2 Å². The van der Waals surface area contributed by atoms with Crippen LogP contribution in [0, 0.1) is 0 Å². The van der Waals surface area contributed by atoms with Gasteiger partial charge in [-0.3, -0.25) is 4.79 Å². The van der Waals surface area contributed by atoms with Crippen LogP contribution in [-0.2, 0) is 9.53 Å². The van der Waals surface area contributed by atoms with Gasteiger partial charge in [0.05, 0.1) is 24.2 Å². The zero-order valence-corrected chi connectivity index (χ0v) is 11.7. The smallest absolute Gasteiger partial charge is 0.251 e. The maximum Gasteiger partial charge on any atom is 0.251 e. The van der Waals surface area contributed by atoms with E-state index < -0.39 is 6.10 Å². The van der Waals surface area contributed by atoms with Gasteiger partial charge in [0, 0.05) is 12.6 Å².